The van der Waals surface area contributed by atoms with Crippen LogP contribution in [0.1, 0.15) is 19.3 Å². The fraction of sp³-hybridized carbons (Fsp3) is 0.227. The van der Waals surface area contributed by atoms with Crippen LogP contribution >= 0.6 is 11.6 Å². The normalized spacial score (nSPS) is 13.7. The predicted octanol–water partition coefficient (Wildman–Crippen LogP) is 4.00. The third-order valence-electron chi connectivity index (χ3n) is 5.48. The van der Waals surface area contributed by atoms with E-state index in [9.17, 15) is 4.79 Å². The van der Waals surface area contributed by atoms with Gasteiger partial charge in [-0.2, -0.15) is 5.10 Å². The standard InChI is InChI=1S/C22H21ClN8O/c1-31-9-7-16(30-31)19-18(13-10-12-4-3-8-25-17(12)15(23)11-13)28-21(20(24)27-19)29-22(32)26-14-5-2-6-14/h3-4,7-11,14H,2,5-6H2,1H3,(H2,24,27)(H2,26,28,29,32). The van der Waals surface area contributed by atoms with Gasteiger partial charge in [-0.15, -0.1) is 0 Å². The zero-order chi connectivity index (χ0) is 22.2. The Morgan fingerprint density at radius 1 is 1.22 bits per heavy atom. The molecule has 3 aromatic heterocycles. The molecule has 3 heterocycles. The maximum Gasteiger partial charge on any atom is 0.320 e. The van der Waals surface area contributed by atoms with Gasteiger partial charge in [-0.25, -0.2) is 14.8 Å². The minimum Gasteiger partial charge on any atom is -0.381 e. The molecule has 0 atom stereocenters. The molecule has 0 unspecified atom stereocenters. The highest BCUT2D eigenvalue weighted by Gasteiger charge is 2.22. The van der Waals surface area contributed by atoms with E-state index in [0.29, 0.717) is 33.2 Å². The van der Waals surface area contributed by atoms with Gasteiger partial charge in [0.15, 0.2) is 11.6 Å². The second kappa shape index (κ2) is 8.08. The number of aryl methyl sites for hydroxylation is 1. The van der Waals surface area contributed by atoms with Crippen LogP contribution in [0.15, 0.2) is 42.7 Å². The topological polar surface area (TPSA) is 124 Å². The summed E-state index contributed by atoms with van der Waals surface area (Å²) in [5.41, 5.74) is 9.18. The zero-order valence-electron chi connectivity index (χ0n) is 17.3. The SMILES string of the molecule is Cn1ccc(-c2nc(N)c(NC(=O)NC3CCC3)nc2-c2cc(Cl)c3ncccc3c2)n1. The lowest BCUT2D eigenvalue weighted by Gasteiger charge is -2.26. The summed E-state index contributed by atoms with van der Waals surface area (Å²) in [5, 5.41) is 11.5. The van der Waals surface area contributed by atoms with Crippen molar-refractivity contribution in [1.29, 1.82) is 0 Å². The van der Waals surface area contributed by atoms with Crippen molar-refractivity contribution in [3.63, 3.8) is 0 Å². The number of hydrogen-bond acceptors (Lipinski definition) is 6. The molecule has 0 aliphatic heterocycles. The number of carbonyl (C=O) groups excluding carboxylic acids is 1. The van der Waals surface area contributed by atoms with E-state index >= 15 is 0 Å². The fourth-order valence-electron chi connectivity index (χ4n) is 3.63. The number of carbonyl (C=O) groups is 1. The first-order valence-corrected chi connectivity index (χ1v) is 10.7. The quantitative estimate of drug-likeness (QED) is 0.433. The van der Waals surface area contributed by atoms with E-state index in [4.69, 9.17) is 17.3 Å². The van der Waals surface area contributed by atoms with Crippen molar-refractivity contribution in [2.75, 3.05) is 11.1 Å². The Balaban J connectivity index is 1.62. The van der Waals surface area contributed by atoms with Gasteiger partial charge in [-0.05, 0) is 43.5 Å². The van der Waals surface area contributed by atoms with Crippen molar-refractivity contribution in [3.05, 3.63) is 47.7 Å². The molecule has 0 radical (unpaired) electrons. The molecular weight excluding hydrogens is 428 g/mol. The highest BCUT2D eigenvalue weighted by molar-refractivity contribution is 6.35. The first-order valence-electron chi connectivity index (χ1n) is 10.3. The van der Waals surface area contributed by atoms with Crippen LogP contribution in [0.3, 0.4) is 0 Å². The van der Waals surface area contributed by atoms with Crippen LogP contribution in [-0.4, -0.2) is 36.8 Å². The Bertz CT molecular complexity index is 1330. The van der Waals surface area contributed by atoms with E-state index in [2.05, 4.69) is 30.7 Å². The Morgan fingerprint density at radius 3 is 2.78 bits per heavy atom. The highest BCUT2D eigenvalue weighted by atomic mass is 35.5. The third kappa shape index (κ3) is 3.82. The average Bonchev–Trinajstić information content (AvgIpc) is 3.18. The Kier molecular flexibility index (Phi) is 5.10. The molecule has 2 amide bonds. The van der Waals surface area contributed by atoms with E-state index < -0.39 is 0 Å². The molecule has 1 aromatic carbocycles. The molecule has 0 bridgehead atoms. The van der Waals surface area contributed by atoms with E-state index in [-0.39, 0.29) is 23.7 Å². The van der Waals surface area contributed by atoms with Gasteiger partial charge < -0.3 is 11.1 Å². The first-order chi connectivity index (χ1) is 15.5. The maximum absolute atomic E-state index is 12.4. The van der Waals surface area contributed by atoms with E-state index in [0.717, 1.165) is 24.6 Å². The van der Waals surface area contributed by atoms with Gasteiger partial charge in [0.2, 0.25) is 0 Å². The Hall–Kier alpha value is -3.72. The molecule has 10 heteroatoms. The van der Waals surface area contributed by atoms with E-state index in [1.165, 1.54) is 0 Å². The lowest BCUT2D eigenvalue weighted by molar-refractivity contribution is 0.240. The summed E-state index contributed by atoms with van der Waals surface area (Å²) >= 11 is 6.51. The van der Waals surface area contributed by atoms with Crippen molar-refractivity contribution in [3.8, 4) is 22.6 Å². The molecule has 162 valence electrons. The summed E-state index contributed by atoms with van der Waals surface area (Å²) in [6.07, 6.45) is 6.57. The molecule has 1 fully saturated rings. The number of aromatic nitrogens is 5. The smallest absolute Gasteiger partial charge is 0.320 e. The van der Waals surface area contributed by atoms with Crippen LogP contribution < -0.4 is 16.4 Å². The summed E-state index contributed by atoms with van der Waals surface area (Å²) in [6.45, 7) is 0. The Morgan fingerprint density at radius 2 is 2.06 bits per heavy atom. The zero-order valence-corrected chi connectivity index (χ0v) is 18.1. The number of pyridine rings is 1. The molecule has 32 heavy (non-hydrogen) atoms. The summed E-state index contributed by atoms with van der Waals surface area (Å²) < 4.78 is 1.67. The number of rotatable bonds is 4. The highest BCUT2D eigenvalue weighted by Crippen LogP contribution is 2.35. The molecule has 1 saturated carbocycles. The summed E-state index contributed by atoms with van der Waals surface area (Å²) in [4.78, 5) is 26.0. The van der Waals surface area contributed by atoms with Gasteiger partial charge in [0.25, 0.3) is 0 Å². The minimum absolute atomic E-state index is 0.103. The maximum atomic E-state index is 12.4. The molecule has 1 aliphatic carbocycles. The van der Waals surface area contributed by atoms with Gasteiger partial charge in [0, 0.05) is 36.4 Å². The summed E-state index contributed by atoms with van der Waals surface area (Å²) in [5.74, 6) is 0.283. The second-order valence-electron chi connectivity index (χ2n) is 7.79. The van der Waals surface area contributed by atoms with Crippen molar-refractivity contribution >= 4 is 40.2 Å². The number of fused-ring (bicyclic) bond motifs is 1. The van der Waals surface area contributed by atoms with Gasteiger partial charge in [0.1, 0.15) is 17.1 Å². The number of nitrogens with zero attached hydrogens (tertiary/aromatic N) is 5. The molecule has 0 saturated heterocycles. The number of nitrogen functional groups attached to an aromatic ring is 1. The van der Waals surface area contributed by atoms with Gasteiger partial charge in [-0.1, -0.05) is 17.7 Å². The van der Waals surface area contributed by atoms with E-state index in [1.807, 2.05) is 37.5 Å². The summed E-state index contributed by atoms with van der Waals surface area (Å²) in [6, 6.07) is 9.13. The van der Waals surface area contributed by atoms with Gasteiger partial charge >= 0.3 is 6.03 Å². The molecule has 4 N–H and O–H groups in total. The van der Waals surface area contributed by atoms with Crippen molar-refractivity contribution in [2.24, 2.45) is 7.05 Å². The minimum atomic E-state index is -0.354. The molecule has 5 rings (SSSR count). The number of nitrogens with two attached hydrogens (primary N) is 1. The van der Waals surface area contributed by atoms with Crippen LogP contribution in [0.2, 0.25) is 5.02 Å². The van der Waals surface area contributed by atoms with Crippen LogP contribution in [0, 0.1) is 0 Å². The lowest BCUT2D eigenvalue weighted by Crippen LogP contribution is -2.42. The largest absolute Gasteiger partial charge is 0.381 e. The lowest BCUT2D eigenvalue weighted by atomic mass is 9.93. The molecule has 4 aromatic rings. The molecule has 1 aliphatic rings. The Labute approximate surface area is 189 Å². The van der Waals surface area contributed by atoms with Crippen molar-refractivity contribution < 1.29 is 4.79 Å². The molecular formula is C22H21ClN8O. The monoisotopic (exact) mass is 448 g/mol. The van der Waals surface area contributed by atoms with Gasteiger partial charge in [-0.3, -0.25) is 15.0 Å². The number of halogens is 1. The van der Waals surface area contributed by atoms with Crippen molar-refractivity contribution in [2.45, 2.75) is 25.3 Å². The predicted molar refractivity (Wildman–Crippen MR) is 124 cm³/mol. The van der Waals surface area contributed by atoms with Crippen molar-refractivity contribution in [1.82, 2.24) is 30.0 Å². The van der Waals surface area contributed by atoms with Crippen LogP contribution in [0.5, 0.6) is 0 Å². The van der Waals surface area contributed by atoms with E-state index in [1.54, 1.807) is 16.9 Å². The van der Waals surface area contributed by atoms with Gasteiger partial charge in [0.05, 0.1) is 10.5 Å². The fourth-order valence-corrected chi connectivity index (χ4v) is 3.90. The second-order valence-corrected chi connectivity index (χ2v) is 8.20. The summed E-state index contributed by atoms with van der Waals surface area (Å²) in [7, 11) is 1.82. The third-order valence-corrected chi connectivity index (χ3v) is 5.77. The average molecular weight is 449 g/mol. The number of hydrogen-bond donors (Lipinski definition) is 3. The number of nitrogens with one attached hydrogen (secondary N) is 2. The number of amides is 2. The number of benzene rings is 1. The van der Waals surface area contributed by atoms with Crippen LogP contribution in [-0.2, 0) is 7.05 Å². The first kappa shape index (κ1) is 20.2. The molecule has 9 nitrogen and oxygen atoms in total. The number of urea groups is 1. The van der Waals surface area contributed by atoms with Crippen LogP contribution in [0.25, 0.3) is 33.5 Å². The number of anilines is 2. The van der Waals surface area contributed by atoms with Crippen LogP contribution in [0.4, 0.5) is 16.4 Å². The molecule has 0 spiro atoms.